The molecule has 1 atom stereocenters. The summed E-state index contributed by atoms with van der Waals surface area (Å²) < 4.78 is 13.6. The summed E-state index contributed by atoms with van der Waals surface area (Å²) in [6.07, 6.45) is 2.36. The summed E-state index contributed by atoms with van der Waals surface area (Å²) in [6, 6.07) is 5.25. The first kappa shape index (κ1) is 18.8. The topological polar surface area (TPSA) is 54.0 Å². The second-order valence-corrected chi connectivity index (χ2v) is 7.20. The Balaban J connectivity index is 0.00000208. The van der Waals surface area contributed by atoms with Gasteiger partial charge in [0.25, 0.3) is 0 Å². The van der Waals surface area contributed by atoms with Gasteiger partial charge in [0, 0.05) is 23.4 Å². The zero-order valence-corrected chi connectivity index (χ0v) is 15.3. The predicted molar refractivity (Wildman–Crippen MR) is 97.5 cm³/mol. The molecule has 1 aliphatic heterocycles. The van der Waals surface area contributed by atoms with E-state index in [-0.39, 0.29) is 30.0 Å². The number of hydrogen-bond acceptors (Lipinski definition) is 4. The van der Waals surface area contributed by atoms with Crippen LogP contribution in [0.25, 0.3) is 0 Å². The van der Waals surface area contributed by atoms with Gasteiger partial charge in [-0.3, -0.25) is 4.79 Å². The van der Waals surface area contributed by atoms with E-state index in [1.54, 1.807) is 25.3 Å². The van der Waals surface area contributed by atoms with E-state index in [1.807, 2.05) is 13.0 Å². The van der Waals surface area contributed by atoms with E-state index >= 15 is 0 Å². The van der Waals surface area contributed by atoms with Crippen LogP contribution in [-0.2, 0) is 11.2 Å². The number of carbonyl (C=O) groups is 1. The fourth-order valence-electron chi connectivity index (χ4n) is 2.49. The number of nitrogens with one attached hydrogen (secondary N) is 2. The molecule has 3 rings (SSSR count). The third-order valence-corrected chi connectivity index (χ3v) is 5.24. The molecule has 2 heterocycles. The van der Waals surface area contributed by atoms with Gasteiger partial charge in [0.15, 0.2) is 5.13 Å². The molecule has 1 unspecified atom stereocenters. The molecule has 2 N–H and O–H groups in total. The molecule has 1 aliphatic rings. The molecule has 0 spiro atoms. The number of hydrogen-bond donors (Lipinski definition) is 2. The van der Waals surface area contributed by atoms with Crippen molar-refractivity contribution in [3.05, 3.63) is 46.2 Å². The Bertz CT molecular complexity index is 718. The third-order valence-electron chi connectivity index (χ3n) is 4.33. The van der Waals surface area contributed by atoms with Crippen LogP contribution < -0.4 is 10.6 Å². The van der Waals surface area contributed by atoms with Crippen LogP contribution in [0.5, 0.6) is 0 Å². The van der Waals surface area contributed by atoms with Crippen LogP contribution >= 0.6 is 23.7 Å². The molecule has 2 aromatic rings. The van der Waals surface area contributed by atoms with E-state index in [0.717, 1.165) is 23.5 Å². The number of rotatable bonds is 5. The van der Waals surface area contributed by atoms with E-state index in [0.29, 0.717) is 23.0 Å². The molecular formula is C17H21ClFN3OS. The van der Waals surface area contributed by atoms with Gasteiger partial charge in [-0.05, 0) is 43.1 Å². The highest BCUT2D eigenvalue weighted by molar-refractivity contribution is 7.15. The van der Waals surface area contributed by atoms with Gasteiger partial charge < -0.3 is 10.6 Å². The van der Waals surface area contributed by atoms with Crippen LogP contribution in [0.4, 0.5) is 9.52 Å². The maximum atomic E-state index is 13.6. The number of halogens is 2. The Morgan fingerprint density at radius 1 is 1.50 bits per heavy atom. The molecule has 0 bridgehead atoms. The van der Waals surface area contributed by atoms with Gasteiger partial charge in [0.2, 0.25) is 5.91 Å². The lowest BCUT2D eigenvalue weighted by atomic mass is 9.88. The molecule has 130 valence electrons. The van der Waals surface area contributed by atoms with Gasteiger partial charge in [-0.15, -0.1) is 23.7 Å². The minimum Gasteiger partial charge on any atom is -0.316 e. The largest absolute Gasteiger partial charge is 0.316 e. The number of amides is 1. The molecule has 1 aromatic heterocycles. The summed E-state index contributed by atoms with van der Waals surface area (Å²) in [5.74, 6) is 0.210. The molecule has 1 aromatic carbocycles. The number of nitrogens with zero attached hydrogens (tertiary/aromatic N) is 1. The van der Waals surface area contributed by atoms with Gasteiger partial charge in [-0.1, -0.05) is 19.1 Å². The molecule has 0 saturated carbocycles. The second-order valence-electron chi connectivity index (χ2n) is 6.09. The minimum absolute atomic E-state index is 0. The standard InChI is InChI=1S/C17H20FN3OS.ClH/c1-10-3-4-12(6-15(10)18)5-14-9-20-17(23-14)21-16(22)11(2)13-7-19-8-13;/h3-4,6,9,11,13,19H,5,7-8H2,1-2H3,(H,20,21,22);1H. The molecule has 0 radical (unpaired) electrons. The molecule has 24 heavy (non-hydrogen) atoms. The average molecular weight is 370 g/mol. The lowest BCUT2D eigenvalue weighted by molar-refractivity contribution is -0.121. The predicted octanol–water partition coefficient (Wildman–Crippen LogP) is 3.40. The molecular weight excluding hydrogens is 349 g/mol. The summed E-state index contributed by atoms with van der Waals surface area (Å²) in [5, 5.41) is 6.67. The smallest absolute Gasteiger partial charge is 0.229 e. The maximum absolute atomic E-state index is 13.6. The van der Waals surface area contributed by atoms with Crippen molar-refractivity contribution >= 4 is 34.8 Å². The van der Waals surface area contributed by atoms with Gasteiger partial charge in [0.1, 0.15) is 5.82 Å². The summed E-state index contributed by atoms with van der Waals surface area (Å²) in [4.78, 5) is 17.4. The zero-order valence-electron chi connectivity index (χ0n) is 13.6. The Hall–Kier alpha value is -1.50. The third kappa shape index (κ3) is 4.32. The number of carbonyl (C=O) groups excluding carboxylic acids is 1. The number of anilines is 1. The highest BCUT2D eigenvalue weighted by Gasteiger charge is 2.29. The van der Waals surface area contributed by atoms with Crippen molar-refractivity contribution in [1.82, 2.24) is 10.3 Å². The Morgan fingerprint density at radius 3 is 2.88 bits per heavy atom. The fraction of sp³-hybridized carbons (Fsp3) is 0.412. The van der Waals surface area contributed by atoms with E-state index in [4.69, 9.17) is 0 Å². The van der Waals surface area contributed by atoms with Gasteiger partial charge in [0.05, 0.1) is 0 Å². The highest BCUT2D eigenvalue weighted by Crippen LogP contribution is 2.24. The molecule has 1 saturated heterocycles. The number of aromatic nitrogens is 1. The van der Waals surface area contributed by atoms with Gasteiger partial charge in [-0.25, -0.2) is 9.37 Å². The van der Waals surface area contributed by atoms with Crippen LogP contribution in [0.3, 0.4) is 0 Å². The number of aryl methyl sites for hydroxylation is 1. The van der Waals surface area contributed by atoms with Crippen molar-refractivity contribution in [2.45, 2.75) is 20.3 Å². The summed E-state index contributed by atoms with van der Waals surface area (Å²) in [7, 11) is 0. The lowest BCUT2D eigenvalue weighted by Crippen LogP contribution is -2.48. The van der Waals surface area contributed by atoms with Crippen molar-refractivity contribution in [2.75, 3.05) is 18.4 Å². The summed E-state index contributed by atoms with van der Waals surface area (Å²) >= 11 is 1.44. The first-order valence-corrected chi connectivity index (χ1v) is 8.56. The van der Waals surface area contributed by atoms with E-state index in [9.17, 15) is 9.18 Å². The second kappa shape index (κ2) is 8.05. The SMILES string of the molecule is Cc1ccc(Cc2cnc(NC(=O)C(C)C3CNC3)s2)cc1F.Cl. The van der Waals surface area contributed by atoms with Crippen molar-refractivity contribution in [2.24, 2.45) is 11.8 Å². The molecule has 1 amide bonds. The molecule has 4 nitrogen and oxygen atoms in total. The summed E-state index contributed by atoms with van der Waals surface area (Å²) in [6.45, 7) is 5.50. The minimum atomic E-state index is -0.191. The number of benzene rings is 1. The van der Waals surface area contributed by atoms with Gasteiger partial charge in [-0.2, -0.15) is 0 Å². The molecule has 7 heteroatoms. The summed E-state index contributed by atoms with van der Waals surface area (Å²) in [5.41, 5.74) is 1.55. The first-order valence-electron chi connectivity index (χ1n) is 7.74. The van der Waals surface area contributed by atoms with Crippen LogP contribution in [0.2, 0.25) is 0 Å². The molecule has 1 fully saturated rings. The van der Waals surface area contributed by atoms with Crippen LogP contribution in [0, 0.1) is 24.6 Å². The Morgan fingerprint density at radius 2 is 2.25 bits per heavy atom. The van der Waals surface area contributed by atoms with E-state index < -0.39 is 0 Å². The van der Waals surface area contributed by atoms with Crippen molar-refractivity contribution in [1.29, 1.82) is 0 Å². The Labute approximate surface area is 151 Å². The number of thiazole rings is 1. The fourth-order valence-corrected chi connectivity index (χ4v) is 3.34. The van der Waals surface area contributed by atoms with Crippen LogP contribution in [0.15, 0.2) is 24.4 Å². The van der Waals surface area contributed by atoms with E-state index in [2.05, 4.69) is 15.6 Å². The Kier molecular flexibility index (Phi) is 6.32. The van der Waals surface area contributed by atoms with Crippen molar-refractivity contribution in [3.63, 3.8) is 0 Å². The van der Waals surface area contributed by atoms with E-state index in [1.165, 1.54) is 11.3 Å². The quantitative estimate of drug-likeness (QED) is 0.849. The van der Waals surface area contributed by atoms with Gasteiger partial charge >= 0.3 is 0 Å². The maximum Gasteiger partial charge on any atom is 0.229 e. The molecule has 0 aliphatic carbocycles. The lowest BCUT2D eigenvalue weighted by Gasteiger charge is -2.31. The monoisotopic (exact) mass is 369 g/mol. The van der Waals surface area contributed by atoms with Crippen LogP contribution in [-0.4, -0.2) is 24.0 Å². The van der Waals surface area contributed by atoms with Crippen molar-refractivity contribution < 1.29 is 9.18 Å². The van der Waals surface area contributed by atoms with Crippen molar-refractivity contribution in [3.8, 4) is 0 Å². The van der Waals surface area contributed by atoms with Crippen LogP contribution in [0.1, 0.15) is 22.9 Å². The zero-order chi connectivity index (χ0) is 16.4. The first-order chi connectivity index (χ1) is 11.0. The average Bonchev–Trinajstić information content (AvgIpc) is 2.88. The highest BCUT2D eigenvalue weighted by atomic mass is 35.5. The normalized spacial score (nSPS) is 15.3.